The first-order valence-electron chi connectivity index (χ1n) is 17.2. The molecule has 2 aromatic heterocycles. The maximum atomic E-state index is 10.4. The molecule has 2 aromatic rings. The van der Waals surface area contributed by atoms with Gasteiger partial charge in [0.05, 0.1) is 11.8 Å². The molecule has 4 bridgehead atoms. The summed E-state index contributed by atoms with van der Waals surface area (Å²) in [6.45, 7) is 4.58. The van der Waals surface area contributed by atoms with E-state index in [1.165, 1.54) is 63.4 Å². The van der Waals surface area contributed by atoms with Crippen molar-refractivity contribution in [1.29, 1.82) is 5.26 Å². The minimum atomic E-state index is -0.457. The number of rotatable bonds is 11. The Morgan fingerprint density at radius 2 is 1.82 bits per heavy atom. The Kier molecular flexibility index (Phi) is 8.78. The van der Waals surface area contributed by atoms with Crippen LogP contribution in [0.2, 0.25) is 0 Å². The minimum Gasteiger partial charge on any atom is -0.390 e. The van der Waals surface area contributed by atoms with E-state index >= 15 is 0 Å². The van der Waals surface area contributed by atoms with Crippen LogP contribution >= 0.6 is 11.8 Å². The molecule has 6 fully saturated rings. The molecular weight excluding hydrogens is 567 g/mol. The first-order valence-corrected chi connectivity index (χ1v) is 18.1. The van der Waals surface area contributed by atoms with E-state index in [2.05, 4.69) is 38.1 Å². The quantitative estimate of drug-likeness (QED) is 0.224. The van der Waals surface area contributed by atoms with Crippen LogP contribution in [0.15, 0.2) is 29.6 Å². The Bertz CT molecular complexity index is 1330. The molecule has 0 amide bonds. The molecule has 6 saturated carbocycles. The number of nitrogens with zero attached hydrogens (tertiary/aromatic N) is 4. The normalized spacial score (nSPS) is 34.6. The van der Waals surface area contributed by atoms with Crippen LogP contribution in [0.4, 0.5) is 11.8 Å². The number of nitrogens with one attached hydrogen (secondary N) is 3. The number of pyridine rings is 1. The van der Waals surface area contributed by atoms with Crippen molar-refractivity contribution >= 4 is 23.5 Å². The van der Waals surface area contributed by atoms with Crippen LogP contribution < -0.4 is 16.0 Å². The van der Waals surface area contributed by atoms with Gasteiger partial charge < -0.3 is 21.1 Å². The van der Waals surface area contributed by atoms with Crippen molar-refractivity contribution in [2.75, 3.05) is 23.7 Å². The van der Waals surface area contributed by atoms with Crippen LogP contribution in [0.1, 0.15) is 102 Å². The van der Waals surface area contributed by atoms with Crippen molar-refractivity contribution in [2.45, 2.75) is 119 Å². The second kappa shape index (κ2) is 12.8. The molecule has 8 rings (SSSR count). The number of hydrogen-bond donors (Lipinski definition) is 4. The van der Waals surface area contributed by atoms with Crippen LogP contribution in [0.3, 0.4) is 0 Å². The molecule has 5 atom stereocenters. The lowest BCUT2D eigenvalue weighted by Crippen LogP contribution is -2.60. The number of aromatic nitrogens is 3. The SMILES string of the molecule is CC1(O)CCC(CNC2[C@@H]3CC4C[C@H]2CC(CNc2nc(NCc5cccnc5SC5CCCC5)ncc2C#N)(C4)C3)CC1. The average molecular weight is 616 g/mol. The molecule has 0 spiro atoms. The van der Waals surface area contributed by atoms with E-state index in [4.69, 9.17) is 4.98 Å². The smallest absolute Gasteiger partial charge is 0.224 e. The second-order valence-electron chi connectivity index (χ2n) is 15.1. The van der Waals surface area contributed by atoms with E-state index < -0.39 is 5.60 Å². The highest BCUT2D eigenvalue weighted by atomic mass is 32.2. The van der Waals surface area contributed by atoms with Gasteiger partial charge in [0.1, 0.15) is 22.5 Å². The predicted octanol–water partition coefficient (Wildman–Crippen LogP) is 6.53. The van der Waals surface area contributed by atoms with Crippen LogP contribution in [0, 0.1) is 40.4 Å². The first kappa shape index (κ1) is 30.3. The number of hydrogen-bond acceptors (Lipinski definition) is 9. The number of nitriles is 1. The van der Waals surface area contributed by atoms with Crippen LogP contribution in [-0.2, 0) is 6.54 Å². The largest absolute Gasteiger partial charge is 0.390 e. The molecule has 2 heterocycles. The standard InChI is InChI=1S/C35H49N7OS/c1-34(43)10-8-23(9-11-34)19-38-30-26-13-24-14-27(30)17-35(15-24,16-26)22-41-31-28(18-36)21-40-33(42-31)39-20-25-5-4-12-37-32(25)44-29-6-2-3-7-29/h4-5,12,21,23-24,26-27,29-30,38,43H,2-3,6-11,13-17,19-20,22H2,1H3,(H2,39,40,41,42)/t23?,24?,26-,27+,30?,34?,35?. The molecule has 236 valence electrons. The Hall–Kier alpha value is -2.41. The van der Waals surface area contributed by atoms with E-state index in [0.717, 1.165) is 61.6 Å². The van der Waals surface area contributed by atoms with Crippen molar-refractivity contribution < 1.29 is 5.11 Å². The molecule has 9 heteroatoms. The molecule has 0 aromatic carbocycles. The van der Waals surface area contributed by atoms with Crippen LogP contribution in [-0.4, -0.2) is 50.0 Å². The molecule has 0 radical (unpaired) electrons. The maximum absolute atomic E-state index is 10.4. The van der Waals surface area contributed by atoms with Gasteiger partial charge in [-0.05, 0) is 119 Å². The maximum Gasteiger partial charge on any atom is 0.224 e. The summed E-state index contributed by atoms with van der Waals surface area (Å²) in [7, 11) is 0. The van der Waals surface area contributed by atoms with Gasteiger partial charge in [-0.1, -0.05) is 18.9 Å². The van der Waals surface area contributed by atoms with Crippen molar-refractivity contribution in [3.05, 3.63) is 35.7 Å². The van der Waals surface area contributed by atoms with Crippen LogP contribution in [0.25, 0.3) is 0 Å². The third-order valence-electron chi connectivity index (χ3n) is 11.6. The predicted molar refractivity (Wildman–Crippen MR) is 175 cm³/mol. The second-order valence-corrected chi connectivity index (χ2v) is 16.4. The van der Waals surface area contributed by atoms with Crippen LogP contribution in [0.5, 0.6) is 0 Å². The van der Waals surface area contributed by atoms with Gasteiger partial charge in [0.25, 0.3) is 0 Å². The molecule has 44 heavy (non-hydrogen) atoms. The highest BCUT2D eigenvalue weighted by Gasteiger charge is 2.55. The Balaban J connectivity index is 0.963. The number of anilines is 2. The summed E-state index contributed by atoms with van der Waals surface area (Å²) in [6, 6.07) is 7.07. The molecule has 0 saturated heterocycles. The van der Waals surface area contributed by atoms with Crippen molar-refractivity contribution in [1.82, 2.24) is 20.3 Å². The van der Waals surface area contributed by atoms with Gasteiger partial charge in [0, 0.05) is 36.1 Å². The van der Waals surface area contributed by atoms with Gasteiger partial charge in [0.2, 0.25) is 5.95 Å². The molecule has 3 unspecified atom stereocenters. The molecule has 6 aliphatic rings. The summed E-state index contributed by atoms with van der Waals surface area (Å²) >= 11 is 1.91. The zero-order valence-corrected chi connectivity index (χ0v) is 27.0. The monoisotopic (exact) mass is 615 g/mol. The Morgan fingerprint density at radius 1 is 1.05 bits per heavy atom. The Morgan fingerprint density at radius 3 is 2.57 bits per heavy atom. The summed E-state index contributed by atoms with van der Waals surface area (Å²) in [6.07, 6.45) is 19.4. The van der Waals surface area contributed by atoms with Gasteiger partial charge in [-0.2, -0.15) is 10.2 Å². The zero-order valence-electron chi connectivity index (χ0n) is 26.2. The zero-order chi connectivity index (χ0) is 30.1. The first-order chi connectivity index (χ1) is 21.4. The number of thioether (sulfide) groups is 1. The molecule has 8 nitrogen and oxygen atoms in total. The van der Waals surface area contributed by atoms with Crippen molar-refractivity contribution in [3.8, 4) is 6.07 Å². The van der Waals surface area contributed by atoms with E-state index in [-0.39, 0.29) is 5.41 Å². The molecule has 4 N–H and O–H groups in total. The average Bonchev–Trinajstić information content (AvgIpc) is 3.53. The fraction of sp³-hybridized carbons (Fsp3) is 0.714. The van der Waals surface area contributed by atoms with E-state index in [1.807, 2.05) is 30.9 Å². The van der Waals surface area contributed by atoms with Gasteiger partial charge >= 0.3 is 0 Å². The topological polar surface area (TPSA) is 119 Å². The summed E-state index contributed by atoms with van der Waals surface area (Å²) in [5, 5.41) is 33.1. The fourth-order valence-electron chi connectivity index (χ4n) is 9.51. The summed E-state index contributed by atoms with van der Waals surface area (Å²) in [5.41, 5.74) is 1.50. The van der Waals surface area contributed by atoms with Gasteiger partial charge in [-0.3, -0.25) is 0 Å². The third-order valence-corrected chi connectivity index (χ3v) is 13.0. The third kappa shape index (κ3) is 6.73. The number of aliphatic hydroxyl groups is 1. The molecule has 6 aliphatic carbocycles. The molecule has 0 aliphatic heterocycles. The van der Waals surface area contributed by atoms with E-state index in [9.17, 15) is 10.4 Å². The summed E-state index contributed by atoms with van der Waals surface area (Å²) < 4.78 is 0. The fourth-order valence-corrected chi connectivity index (χ4v) is 10.8. The highest BCUT2D eigenvalue weighted by molar-refractivity contribution is 7.99. The lowest BCUT2D eigenvalue weighted by Gasteiger charge is -2.60. The van der Waals surface area contributed by atoms with E-state index in [0.29, 0.717) is 41.1 Å². The summed E-state index contributed by atoms with van der Waals surface area (Å²) in [4.78, 5) is 14.0. The van der Waals surface area contributed by atoms with E-state index in [1.54, 1.807) is 6.20 Å². The lowest BCUT2D eigenvalue weighted by molar-refractivity contribution is -0.0711. The molecular formula is C35H49N7OS. The van der Waals surface area contributed by atoms with Crippen molar-refractivity contribution in [2.24, 2.45) is 29.1 Å². The lowest BCUT2D eigenvalue weighted by atomic mass is 9.48. The Labute approximate surface area is 267 Å². The highest BCUT2D eigenvalue weighted by Crippen LogP contribution is 2.60. The minimum absolute atomic E-state index is 0.283. The van der Waals surface area contributed by atoms with Crippen molar-refractivity contribution in [3.63, 3.8) is 0 Å². The van der Waals surface area contributed by atoms with Gasteiger partial charge in [-0.25, -0.2) is 9.97 Å². The van der Waals surface area contributed by atoms with Gasteiger partial charge in [0.15, 0.2) is 0 Å². The summed E-state index contributed by atoms with van der Waals surface area (Å²) in [5.74, 6) is 4.20. The van der Waals surface area contributed by atoms with Gasteiger partial charge in [-0.15, -0.1) is 11.8 Å².